The molecule has 2 aromatic carbocycles. The molecule has 1 heterocycles. The number of aromatic nitrogens is 2. The number of alkyl halides is 2. The first-order valence-electron chi connectivity index (χ1n) is 9.46. The van der Waals surface area contributed by atoms with Gasteiger partial charge in [0.25, 0.3) is 0 Å². The normalized spacial score (nSPS) is 10.9. The Hall–Kier alpha value is -3.00. The largest absolute Gasteiger partial charge is 0.433 e. The summed E-state index contributed by atoms with van der Waals surface area (Å²) in [6.45, 7) is 5.45. The van der Waals surface area contributed by atoms with Gasteiger partial charge in [-0.25, -0.2) is 0 Å². The maximum absolute atomic E-state index is 12.7. The fourth-order valence-corrected chi connectivity index (χ4v) is 3.39. The van der Waals surface area contributed by atoms with Crippen molar-refractivity contribution in [2.45, 2.75) is 40.9 Å². The maximum Gasteiger partial charge on any atom is 0.387 e. The Bertz CT molecular complexity index is 1070. The van der Waals surface area contributed by atoms with Crippen molar-refractivity contribution < 1.29 is 13.5 Å². The molecule has 0 atom stereocenters. The minimum Gasteiger partial charge on any atom is -0.433 e. The first-order chi connectivity index (χ1) is 14.2. The highest BCUT2D eigenvalue weighted by atomic mass is 32.1. The molecule has 3 rings (SSSR count). The second-order valence-corrected chi connectivity index (χ2v) is 7.50. The number of nitrogens with one attached hydrogen (secondary N) is 2. The Morgan fingerprint density at radius 2 is 1.83 bits per heavy atom. The van der Waals surface area contributed by atoms with E-state index in [9.17, 15) is 8.78 Å². The van der Waals surface area contributed by atoms with Gasteiger partial charge in [0.1, 0.15) is 5.75 Å². The fraction of sp³-hybridized carbons (Fsp3) is 0.273. The molecule has 0 fully saturated rings. The molecular weight excluding hydrogens is 406 g/mol. The van der Waals surface area contributed by atoms with E-state index in [4.69, 9.17) is 12.2 Å². The third-order valence-electron chi connectivity index (χ3n) is 4.80. The summed E-state index contributed by atoms with van der Waals surface area (Å²) in [5, 5.41) is 11.0. The summed E-state index contributed by atoms with van der Waals surface area (Å²) in [5.41, 5.74) is 6.04. The van der Waals surface area contributed by atoms with Crippen molar-refractivity contribution in [3.63, 3.8) is 0 Å². The number of benzene rings is 2. The molecule has 0 radical (unpaired) electrons. The van der Waals surface area contributed by atoms with Gasteiger partial charge in [0.05, 0.1) is 29.3 Å². The number of rotatable bonds is 6. The van der Waals surface area contributed by atoms with E-state index in [1.165, 1.54) is 17.2 Å². The molecule has 1 aromatic heterocycles. The summed E-state index contributed by atoms with van der Waals surface area (Å²) in [4.78, 5) is 0. The van der Waals surface area contributed by atoms with E-state index in [2.05, 4.69) is 39.5 Å². The lowest BCUT2D eigenvalue weighted by Gasteiger charge is -2.15. The van der Waals surface area contributed by atoms with Crippen molar-refractivity contribution in [2.75, 3.05) is 10.6 Å². The van der Waals surface area contributed by atoms with Gasteiger partial charge in [-0.2, -0.15) is 13.9 Å². The number of hydrogen-bond acceptors (Lipinski definition) is 3. The van der Waals surface area contributed by atoms with Gasteiger partial charge in [0, 0.05) is 0 Å². The first-order valence-corrected chi connectivity index (χ1v) is 9.87. The average Bonchev–Trinajstić information content (AvgIpc) is 2.93. The quantitative estimate of drug-likeness (QED) is 0.501. The van der Waals surface area contributed by atoms with E-state index in [0.29, 0.717) is 12.2 Å². The molecule has 0 saturated carbocycles. The second kappa shape index (κ2) is 9.21. The van der Waals surface area contributed by atoms with Crippen LogP contribution in [-0.4, -0.2) is 21.5 Å². The molecule has 0 aliphatic rings. The predicted octanol–water partition coefficient (Wildman–Crippen LogP) is 5.58. The van der Waals surface area contributed by atoms with Crippen LogP contribution in [0.4, 0.5) is 20.2 Å². The van der Waals surface area contributed by atoms with Crippen molar-refractivity contribution in [3.8, 4) is 5.75 Å². The van der Waals surface area contributed by atoms with Crippen molar-refractivity contribution in [1.29, 1.82) is 0 Å². The number of anilines is 2. The lowest BCUT2D eigenvalue weighted by Crippen LogP contribution is -2.21. The second-order valence-electron chi connectivity index (χ2n) is 7.09. The van der Waals surface area contributed by atoms with Crippen LogP contribution in [0, 0.1) is 27.7 Å². The van der Waals surface area contributed by atoms with Gasteiger partial charge >= 0.3 is 6.61 Å². The van der Waals surface area contributed by atoms with Crippen LogP contribution in [0.1, 0.15) is 28.1 Å². The molecule has 0 unspecified atom stereocenters. The lowest BCUT2D eigenvalue weighted by molar-refractivity contribution is -0.0493. The van der Waals surface area contributed by atoms with Crippen molar-refractivity contribution in [1.82, 2.24) is 9.78 Å². The van der Waals surface area contributed by atoms with E-state index in [-0.39, 0.29) is 10.9 Å². The summed E-state index contributed by atoms with van der Waals surface area (Å²) >= 11 is 5.40. The molecule has 0 saturated heterocycles. The zero-order valence-electron chi connectivity index (χ0n) is 17.3. The Labute approximate surface area is 180 Å². The number of halogens is 2. The number of ether oxygens (including phenoxy) is 1. The van der Waals surface area contributed by atoms with Gasteiger partial charge in [-0.15, -0.1) is 0 Å². The van der Waals surface area contributed by atoms with Crippen LogP contribution in [0.2, 0.25) is 0 Å². The SMILES string of the molecule is Cc1ccc(NC(=S)Nc2c(C)nn(Cc3ccccc3C)c2C)c(OC(F)F)c1. The highest BCUT2D eigenvalue weighted by Gasteiger charge is 2.15. The minimum atomic E-state index is -2.92. The summed E-state index contributed by atoms with van der Waals surface area (Å²) < 4.78 is 32.0. The van der Waals surface area contributed by atoms with E-state index in [1.807, 2.05) is 30.7 Å². The van der Waals surface area contributed by atoms with E-state index in [0.717, 1.165) is 22.6 Å². The summed E-state index contributed by atoms with van der Waals surface area (Å²) in [6, 6.07) is 13.1. The van der Waals surface area contributed by atoms with E-state index < -0.39 is 6.61 Å². The maximum atomic E-state index is 12.7. The Morgan fingerprint density at radius 1 is 1.10 bits per heavy atom. The molecule has 8 heteroatoms. The van der Waals surface area contributed by atoms with Gasteiger partial charge < -0.3 is 15.4 Å². The molecule has 0 spiro atoms. The predicted molar refractivity (Wildman–Crippen MR) is 120 cm³/mol. The number of aryl methyl sites for hydroxylation is 3. The molecule has 0 aliphatic heterocycles. The molecular formula is C22H24F2N4OS. The average molecular weight is 431 g/mol. The van der Waals surface area contributed by atoms with Crippen LogP contribution in [0.15, 0.2) is 42.5 Å². The molecule has 3 aromatic rings. The zero-order chi connectivity index (χ0) is 21.8. The summed E-state index contributed by atoms with van der Waals surface area (Å²) in [7, 11) is 0. The first kappa shape index (κ1) is 21.7. The van der Waals surface area contributed by atoms with E-state index in [1.54, 1.807) is 19.1 Å². The number of nitrogens with zero attached hydrogens (tertiary/aromatic N) is 2. The lowest BCUT2D eigenvalue weighted by atomic mass is 10.1. The van der Waals surface area contributed by atoms with Crippen LogP contribution < -0.4 is 15.4 Å². The standard InChI is InChI=1S/C22H24F2N4OS/c1-13-9-10-18(19(11-13)29-21(23)24)25-22(30)26-20-15(3)27-28(16(20)4)12-17-8-6-5-7-14(17)2/h5-11,21H,12H2,1-4H3,(H2,25,26,30). The third-order valence-corrected chi connectivity index (χ3v) is 5.01. The van der Waals surface area contributed by atoms with Gasteiger partial charge in [-0.1, -0.05) is 30.3 Å². The number of hydrogen-bond donors (Lipinski definition) is 2. The van der Waals surface area contributed by atoms with Crippen LogP contribution in [0.3, 0.4) is 0 Å². The van der Waals surface area contributed by atoms with E-state index >= 15 is 0 Å². The van der Waals surface area contributed by atoms with Gasteiger partial charge in [0.15, 0.2) is 5.11 Å². The Kier molecular flexibility index (Phi) is 6.66. The molecule has 0 bridgehead atoms. The van der Waals surface area contributed by atoms with Crippen LogP contribution in [-0.2, 0) is 6.54 Å². The number of thiocarbonyl (C=S) groups is 1. The minimum absolute atomic E-state index is 0.0397. The highest BCUT2D eigenvalue weighted by Crippen LogP contribution is 2.28. The molecule has 2 N–H and O–H groups in total. The van der Waals surface area contributed by atoms with Gasteiger partial charge in [-0.05, 0) is 68.7 Å². The monoisotopic (exact) mass is 430 g/mol. The molecule has 5 nitrogen and oxygen atoms in total. The summed E-state index contributed by atoms with van der Waals surface area (Å²) in [5.74, 6) is 0.0397. The van der Waals surface area contributed by atoms with Gasteiger partial charge in [-0.3, -0.25) is 4.68 Å². The Morgan fingerprint density at radius 3 is 2.53 bits per heavy atom. The van der Waals surface area contributed by atoms with Crippen LogP contribution >= 0.6 is 12.2 Å². The molecule has 0 amide bonds. The molecule has 158 valence electrons. The van der Waals surface area contributed by atoms with Crippen molar-refractivity contribution in [2.24, 2.45) is 0 Å². The zero-order valence-corrected chi connectivity index (χ0v) is 18.1. The summed E-state index contributed by atoms with van der Waals surface area (Å²) in [6.07, 6.45) is 0. The highest BCUT2D eigenvalue weighted by molar-refractivity contribution is 7.80. The van der Waals surface area contributed by atoms with Crippen LogP contribution in [0.25, 0.3) is 0 Å². The fourth-order valence-electron chi connectivity index (χ4n) is 3.17. The van der Waals surface area contributed by atoms with Crippen molar-refractivity contribution in [3.05, 3.63) is 70.5 Å². The van der Waals surface area contributed by atoms with Crippen LogP contribution in [0.5, 0.6) is 5.75 Å². The topological polar surface area (TPSA) is 51.1 Å². The Balaban J connectivity index is 1.76. The molecule has 0 aliphatic carbocycles. The van der Waals surface area contributed by atoms with Gasteiger partial charge in [0.2, 0.25) is 0 Å². The van der Waals surface area contributed by atoms with Crippen molar-refractivity contribution >= 4 is 28.7 Å². The smallest absolute Gasteiger partial charge is 0.387 e. The molecule has 30 heavy (non-hydrogen) atoms. The third kappa shape index (κ3) is 5.13.